The molecule has 2 atom stereocenters. The second-order valence-electron chi connectivity index (χ2n) is 6.72. The van der Waals surface area contributed by atoms with E-state index in [1.807, 2.05) is 0 Å². The summed E-state index contributed by atoms with van der Waals surface area (Å²) >= 11 is 0. The topological polar surface area (TPSA) is 59.0 Å². The van der Waals surface area contributed by atoms with Crippen molar-refractivity contribution in [1.29, 1.82) is 0 Å². The Morgan fingerprint density at radius 1 is 1.29 bits per heavy atom. The third-order valence-electron chi connectivity index (χ3n) is 5.00. The molecule has 1 aliphatic heterocycles. The predicted octanol–water partition coefficient (Wildman–Crippen LogP) is 2.66. The number of nitrogens with zero attached hydrogens (tertiary/aromatic N) is 2. The molecule has 2 heterocycles. The number of amides is 1. The van der Waals surface area contributed by atoms with Crippen molar-refractivity contribution in [3.05, 3.63) is 18.0 Å². The summed E-state index contributed by atoms with van der Waals surface area (Å²) in [4.78, 5) is 12.3. The first kappa shape index (κ1) is 17.3. The zero-order valence-corrected chi connectivity index (χ0v) is 13.5. The fraction of sp³-hybridized carbons (Fsp3) is 0.750. The maximum atomic E-state index is 13.3. The van der Waals surface area contributed by atoms with E-state index in [1.165, 1.54) is 6.07 Å². The molecule has 2 fully saturated rings. The smallest absolute Gasteiger partial charge is 0.339 e. The molecule has 1 aliphatic carbocycles. The number of piperidine rings is 1. The third-order valence-corrected chi connectivity index (χ3v) is 5.00. The molecule has 5 nitrogen and oxygen atoms in total. The van der Waals surface area contributed by atoms with Gasteiger partial charge in [0.15, 0.2) is 0 Å². The molecule has 0 bridgehead atoms. The van der Waals surface area contributed by atoms with Gasteiger partial charge in [0, 0.05) is 12.7 Å². The summed E-state index contributed by atoms with van der Waals surface area (Å²) in [5.74, 6) is -1.27. The van der Waals surface area contributed by atoms with E-state index < -0.39 is 24.0 Å². The quantitative estimate of drug-likeness (QED) is 0.883. The summed E-state index contributed by atoms with van der Waals surface area (Å²) in [6.07, 6.45) is 1.80. The zero-order chi connectivity index (χ0) is 17.2. The highest BCUT2D eigenvalue weighted by Gasteiger charge is 2.46. The van der Waals surface area contributed by atoms with Gasteiger partial charge in [-0.25, -0.2) is 0 Å². The number of alkyl halides is 3. The lowest BCUT2D eigenvalue weighted by atomic mass is 9.97. The van der Waals surface area contributed by atoms with Crippen LogP contribution in [-0.2, 0) is 0 Å². The van der Waals surface area contributed by atoms with Crippen LogP contribution in [0, 0.1) is 5.92 Å². The fourth-order valence-corrected chi connectivity index (χ4v) is 3.69. The molecular weight excluding hydrogens is 321 g/mol. The highest BCUT2D eigenvalue weighted by molar-refractivity contribution is 5.92. The van der Waals surface area contributed by atoms with E-state index in [9.17, 15) is 18.0 Å². The summed E-state index contributed by atoms with van der Waals surface area (Å²) in [6, 6.07) is -0.144. The van der Waals surface area contributed by atoms with Gasteiger partial charge in [-0.1, -0.05) is 12.8 Å². The van der Waals surface area contributed by atoms with Crippen LogP contribution in [0.5, 0.6) is 0 Å². The summed E-state index contributed by atoms with van der Waals surface area (Å²) in [7, 11) is 0. The Kier molecular flexibility index (Phi) is 5.12. The summed E-state index contributed by atoms with van der Waals surface area (Å²) in [5, 5.41) is 9.62. The van der Waals surface area contributed by atoms with Gasteiger partial charge in [0.25, 0.3) is 5.91 Å². The summed E-state index contributed by atoms with van der Waals surface area (Å²) in [5.41, 5.74) is 0.0489. The lowest BCUT2D eigenvalue weighted by molar-refractivity contribution is -0.164. The fourth-order valence-electron chi connectivity index (χ4n) is 3.69. The SMILES string of the molecule is O=C(NC(C1CCCC1)C(F)(F)F)c1ccn(C2CCCNC2)n1. The average Bonchev–Trinajstić information content (AvgIpc) is 3.23. The van der Waals surface area contributed by atoms with Crippen LogP contribution in [0.25, 0.3) is 0 Å². The van der Waals surface area contributed by atoms with Crippen molar-refractivity contribution in [1.82, 2.24) is 20.4 Å². The van der Waals surface area contributed by atoms with Gasteiger partial charge in [0.1, 0.15) is 11.7 Å². The number of nitrogens with one attached hydrogen (secondary N) is 2. The predicted molar refractivity (Wildman–Crippen MR) is 82.6 cm³/mol. The van der Waals surface area contributed by atoms with Gasteiger partial charge >= 0.3 is 6.18 Å². The van der Waals surface area contributed by atoms with Gasteiger partial charge < -0.3 is 10.6 Å². The Labute approximate surface area is 139 Å². The molecule has 1 aromatic rings. The average molecular weight is 344 g/mol. The number of aromatic nitrogens is 2. The van der Waals surface area contributed by atoms with E-state index in [0.29, 0.717) is 12.8 Å². The largest absolute Gasteiger partial charge is 0.408 e. The first-order valence-corrected chi connectivity index (χ1v) is 8.58. The molecule has 1 aromatic heterocycles. The number of hydrogen-bond donors (Lipinski definition) is 2. The number of rotatable bonds is 4. The molecule has 2 aliphatic rings. The van der Waals surface area contributed by atoms with Gasteiger partial charge in [0.2, 0.25) is 0 Å². The van der Waals surface area contributed by atoms with Crippen LogP contribution in [-0.4, -0.2) is 41.0 Å². The van der Waals surface area contributed by atoms with E-state index in [1.54, 1.807) is 10.9 Å². The van der Waals surface area contributed by atoms with Crippen molar-refractivity contribution >= 4 is 5.91 Å². The Morgan fingerprint density at radius 3 is 2.67 bits per heavy atom. The van der Waals surface area contributed by atoms with Crippen molar-refractivity contribution in [2.75, 3.05) is 13.1 Å². The van der Waals surface area contributed by atoms with Crippen LogP contribution in [0.4, 0.5) is 13.2 Å². The molecule has 1 saturated carbocycles. The molecule has 24 heavy (non-hydrogen) atoms. The first-order valence-electron chi connectivity index (χ1n) is 8.58. The van der Waals surface area contributed by atoms with E-state index in [4.69, 9.17) is 0 Å². The number of halogens is 3. The first-order chi connectivity index (χ1) is 11.4. The molecule has 2 unspecified atom stereocenters. The van der Waals surface area contributed by atoms with E-state index in [0.717, 1.165) is 38.8 Å². The number of carbonyl (C=O) groups excluding carboxylic acids is 1. The third kappa shape index (κ3) is 3.91. The normalized spacial score (nSPS) is 24.0. The Hall–Kier alpha value is -1.57. The second kappa shape index (κ2) is 7.13. The van der Waals surface area contributed by atoms with E-state index in [-0.39, 0.29) is 11.7 Å². The van der Waals surface area contributed by atoms with E-state index >= 15 is 0 Å². The van der Waals surface area contributed by atoms with Crippen LogP contribution in [0.2, 0.25) is 0 Å². The second-order valence-corrected chi connectivity index (χ2v) is 6.72. The van der Waals surface area contributed by atoms with Crippen molar-refractivity contribution < 1.29 is 18.0 Å². The lowest BCUT2D eigenvalue weighted by Gasteiger charge is -2.26. The van der Waals surface area contributed by atoms with Crippen LogP contribution in [0.15, 0.2) is 12.3 Å². The van der Waals surface area contributed by atoms with Gasteiger partial charge in [0.05, 0.1) is 6.04 Å². The number of carbonyl (C=O) groups is 1. The lowest BCUT2D eigenvalue weighted by Crippen LogP contribution is -2.49. The molecule has 0 spiro atoms. The van der Waals surface area contributed by atoms with Crippen molar-refractivity contribution in [3.63, 3.8) is 0 Å². The molecule has 3 rings (SSSR count). The summed E-state index contributed by atoms with van der Waals surface area (Å²) in [6.45, 7) is 1.72. The maximum Gasteiger partial charge on any atom is 0.408 e. The van der Waals surface area contributed by atoms with E-state index in [2.05, 4.69) is 15.7 Å². The standard InChI is InChI=1S/C16H23F3N4O/c17-16(18,19)14(11-4-1-2-5-11)21-15(24)13-7-9-23(22-13)12-6-3-8-20-10-12/h7,9,11-12,14,20H,1-6,8,10H2,(H,21,24). The van der Waals surface area contributed by atoms with Gasteiger partial charge in [-0.15, -0.1) is 0 Å². The number of hydrogen-bond acceptors (Lipinski definition) is 3. The Balaban J connectivity index is 1.67. The molecule has 1 amide bonds. The minimum Gasteiger partial charge on any atom is -0.339 e. The molecule has 2 N–H and O–H groups in total. The monoisotopic (exact) mass is 344 g/mol. The molecular formula is C16H23F3N4O. The minimum atomic E-state index is -4.43. The maximum absolute atomic E-state index is 13.3. The van der Waals surface area contributed by atoms with Crippen LogP contribution in [0.3, 0.4) is 0 Å². The Bertz CT molecular complexity index is 560. The van der Waals surface area contributed by atoms with Crippen molar-refractivity contribution in [3.8, 4) is 0 Å². The van der Waals surface area contributed by atoms with Crippen LogP contribution in [0.1, 0.15) is 55.1 Å². The van der Waals surface area contributed by atoms with Crippen molar-refractivity contribution in [2.24, 2.45) is 5.92 Å². The van der Waals surface area contributed by atoms with Gasteiger partial charge in [-0.2, -0.15) is 18.3 Å². The zero-order valence-electron chi connectivity index (χ0n) is 13.5. The summed E-state index contributed by atoms with van der Waals surface area (Å²) < 4.78 is 41.6. The Morgan fingerprint density at radius 2 is 2.04 bits per heavy atom. The highest BCUT2D eigenvalue weighted by atomic mass is 19.4. The van der Waals surface area contributed by atoms with Crippen molar-refractivity contribution in [2.45, 2.75) is 56.8 Å². The molecule has 0 radical (unpaired) electrons. The van der Waals surface area contributed by atoms with Crippen LogP contribution >= 0.6 is 0 Å². The molecule has 1 saturated heterocycles. The van der Waals surface area contributed by atoms with Gasteiger partial charge in [-0.05, 0) is 44.2 Å². The molecule has 8 heteroatoms. The minimum absolute atomic E-state index is 0.0489. The molecule has 0 aromatic carbocycles. The van der Waals surface area contributed by atoms with Gasteiger partial charge in [-0.3, -0.25) is 9.48 Å². The highest BCUT2D eigenvalue weighted by Crippen LogP contribution is 2.35. The van der Waals surface area contributed by atoms with Crippen LogP contribution < -0.4 is 10.6 Å². The molecule has 134 valence electrons.